The highest BCUT2D eigenvalue weighted by molar-refractivity contribution is 5.94. The van der Waals surface area contributed by atoms with Crippen LogP contribution in [0.4, 0.5) is 5.69 Å². The second-order valence-electron chi connectivity index (χ2n) is 4.31. The van der Waals surface area contributed by atoms with Crippen LogP contribution in [0.2, 0.25) is 0 Å². The number of aromatic nitrogens is 1. The van der Waals surface area contributed by atoms with Crippen LogP contribution in [0.15, 0.2) is 48.8 Å². The maximum absolute atomic E-state index is 12.2. The SMILES string of the molecule is CN(C(=O)Cc1ccccc1CN)c1cccnc1. The van der Waals surface area contributed by atoms with Crippen LogP contribution in [0.3, 0.4) is 0 Å². The highest BCUT2D eigenvalue weighted by Gasteiger charge is 2.13. The van der Waals surface area contributed by atoms with E-state index in [1.54, 1.807) is 24.3 Å². The van der Waals surface area contributed by atoms with E-state index in [4.69, 9.17) is 5.73 Å². The van der Waals surface area contributed by atoms with Crippen molar-refractivity contribution in [3.8, 4) is 0 Å². The Morgan fingerprint density at radius 2 is 1.95 bits per heavy atom. The first-order valence-electron chi connectivity index (χ1n) is 6.16. The molecule has 0 spiro atoms. The number of rotatable bonds is 4. The largest absolute Gasteiger partial charge is 0.326 e. The minimum Gasteiger partial charge on any atom is -0.326 e. The third kappa shape index (κ3) is 3.17. The Kier molecular flexibility index (Phi) is 4.26. The Bertz CT molecular complexity index is 554. The van der Waals surface area contributed by atoms with Crippen molar-refractivity contribution >= 4 is 11.6 Å². The topological polar surface area (TPSA) is 59.2 Å². The normalized spacial score (nSPS) is 10.2. The molecule has 4 heteroatoms. The quantitative estimate of drug-likeness (QED) is 0.905. The van der Waals surface area contributed by atoms with Gasteiger partial charge in [0.25, 0.3) is 0 Å². The van der Waals surface area contributed by atoms with Crippen molar-refractivity contribution in [1.29, 1.82) is 0 Å². The molecule has 0 unspecified atom stereocenters. The summed E-state index contributed by atoms with van der Waals surface area (Å²) in [6.07, 6.45) is 3.71. The maximum Gasteiger partial charge on any atom is 0.231 e. The summed E-state index contributed by atoms with van der Waals surface area (Å²) in [4.78, 5) is 17.9. The molecule has 1 amide bonds. The molecule has 0 aliphatic rings. The fourth-order valence-corrected chi connectivity index (χ4v) is 1.91. The van der Waals surface area contributed by atoms with Gasteiger partial charge in [0, 0.05) is 19.8 Å². The molecule has 0 aliphatic heterocycles. The summed E-state index contributed by atoms with van der Waals surface area (Å²) in [5.41, 5.74) is 8.46. The van der Waals surface area contributed by atoms with Gasteiger partial charge in [-0.1, -0.05) is 24.3 Å². The summed E-state index contributed by atoms with van der Waals surface area (Å²) >= 11 is 0. The molecular weight excluding hydrogens is 238 g/mol. The summed E-state index contributed by atoms with van der Waals surface area (Å²) in [7, 11) is 1.75. The molecule has 0 saturated carbocycles. The maximum atomic E-state index is 12.2. The fourth-order valence-electron chi connectivity index (χ4n) is 1.91. The Hall–Kier alpha value is -2.20. The van der Waals surface area contributed by atoms with Gasteiger partial charge in [-0.3, -0.25) is 9.78 Å². The van der Waals surface area contributed by atoms with E-state index in [1.807, 2.05) is 36.4 Å². The molecular formula is C15H17N3O. The van der Waals surface area contributed by atoms with Crippen molar-refractivity contribution in [1.82, 2.24) is 4.98 Å². The van der Waals surface area contributed by atoms with E-state index in [1.165, 1.54) is 0 Å². The second-order valence-corrected chi connectivity index (χ2v) is 4.31. The van der Waals surface area contributed by atoms with Gasteiger partial charge < -0.3 is 10.6 Å². The van der Waals surface area contributed by atoms with Gasteiger partial charge in [-0.05, 0) is 23.3 Å². The summed E-state index contributed by atoms with van der Waals surface area (Å²) in [5.74, 6) is 0.0221. The standard InChI is InChI=1S/C15H17N3O/c1-18(14-7-4-8-17-11-14)15(19)9-12-5-2-3-6-13(12)10-16/h2-8,11H,9-10,16H2,1H3. The van der Waals surface area contributed by atoms with Gasteiger partial charge in [0.2, 0.25) is 5.91 Å². The van der Waals surface area contributed by atoms with Gasteiger partial charge in [0.15, 0.2) is 0 Å². The first kappa shape index (κ1) is 13.2. The monoisotopic (exact) mass is 255 g/mol. The van der Waals surface area contributed by atoms with E-state index < -0.39 is 0 Å². The van der Waals surface area contributed by atoms with Crippen LogP contribution in [0.5, 0.6) is 0 Å². The number of carbonyl (C=O) groups excluding carboxylic acids is 1. The number of hydrogen-bond donors (Lipinski definition) is 1. The highest BCUT2D eigenvalue weighted by atomic mass is 16.2. The molecule has 1 aromatic carbocycles. The first-order chi connectivity index (χ1) is 9.22. The number of carbonyl (C=O) groups is 1. The number of likely N-dealkylation sites (N-methyl/N-ethyl adjacent to an activating group) is 1. The summed E-state index contributed by atoms with van der Waals surface area (Å²) < 4.78 is 0. The number of benzene rings is 1. The molecule has 4 nitrogen and oxygen atoms in total. The van der Waals surface area contributed by atoms with Crippen LogP contribution in [-0.2, 0) is 17.8 Å². The number of pyridine rings is 1. The second kappa shape index (κ2) is 6.11. The van der Waals surface area contributed by atoms with Crippen molar-refractivity contribution in [3.63, 3.8) is 0 Å². The van der Waals surface area contributed by atoms with E-state index in [-0.39, 0.29) is 5.91 Å². The lowest BCUT2D eigenvalue weighted by molar-refractivity contribution is -0.117. The lowest BCUT2D eigenvalue weighted by atomic mass is 10.0. The van der Waals surface area contributed by atoms with Gasteiger partial charge in [-0.15, -0.1) is 0 Å². The minimum atomic E-state index is 0.0221. The third-order valence-corrected chi connectivity index (χ3v) is 3.09. The van der Waals surface area contributed by atoms with Crippen molar-refractivity contribution in [2.75, 3.05) is 11.9 Å². The average molecular weight is 255 g/mol. The van der Waals surface area contributed by atoms with E-state index in [9.17, 15) is 4.79 Å². The predicted molar refractivity (Wildman–Crippen MR) is 75.7 cm³/mol. The van der Waals surface area contributed by atoms with Gasteiger partial charge in [0.1, 0.15) is 0 Å². The molecule has 2 rings (SSSR count). The zero-order valence-electron chi connectivity index (χ0n) is 10.9. The lowest BCUT2D eigenvalue weighted by Gasteiger charge is -2.17. The Balaban J connectivity index is 2.13. The van der Waals surface area contributed by atoms with E-state index in [0.29, 0.717) is 13.0 Å². The van der Waals surface area contributed by atoms with Crippen LogP contribution in [0.1, 0.15) is 11.1 Å². The average Bonchev–Trinajstić information content (AvgIpc) is 2.48. The fraction of sp³-hybridized carbons (Fsp3) is 0.200. The van der Waals surface area contributed by atoms with Crippen LogP contribution in [-0.4, -0.2) is 17.9 Å². The minimum absolute atomic E-state index is 0.0221. The van der Waals surface area contributed by atoms with Crippen molar-refractivity contribution in [3.05, 3.63) is 59.9 Å². The van der Waals surface area contributed by atoms with E-state index >= 15 is 0 Å². The van der Waals surface area contributed by atoms with Crippen molar-refractivity contribution in [2.24, 2.45) is 5.73 Å². The summed E-state index contributed by atoms with van der Waals surface area (Å²) in [6.45, 7) is 0.445. The summed E-state index contributed by atoms with van der Waals surface area (Å²) in [5, 5.41) is 0. The van der Waals surface area contributed by atoms with Gasteiger partial charge in [0.05, 0.1) is 18.3 Å². The number of nitrogens with two attached hydrogens (primary N) is 1. The molecule has 2 aromatic rings. The molecule has 2 N–H and O–H groups in total. The predicted octanol–water partition coefficient (Wildman–Crippen LogP) is 1.75. The highest BCUT2D eigenvalue weighted by Crippen LogP contribution is 2.14. The molecule has 0 bridgehead atoms. The van der Waals surface area contributed by atoms with Crippen LogP contribution >= 0.6 is 0 Å². The molecule has 19 heavy (non-hydrogen) atoms. The van der Waals surface area contributed by atoms with Crippen LogP contribution in [0, 0.1) is 0 Å². The number of anilines is 1. The molecule has 0 saturated heterocycles. The van der Waals surface area contributed by atoms with Crippen LogP contribution in [0.25, 0.3) is 0 Å². The molecule has 0 fully saturated rings. The summed E-state index contributed by atoms with van der Waals surface area (Å²) in [6, 6.07) is 11.4. The Labute approximate surface area is 112 Å². The van der Waals surface area contributed by atoms with Crippen molar-refractivity contribution in [2.45, 2.75) is 13.0 Å². The van der Waals surface area contributed by atoms with Gasteiger partial charge >= 0.3 is 0 Å². The lowest BCUT2D eigenvalue weighted by Crippen LogP contribution is -2.28. The molecule has 0 atom stereocenters. The number of amides is 1. The van der Waals surface area contributed by atoms with Crippen molar-refractivity contribution < 1.29 is 4.79 Å². The molecule has 0 aliphatic carbocycles. The molecule has 1 heterocycles. The molecule has 1 aromatic heterocycles. The van der Waals surface area contributed by atoms with Crippen LogP contribution < -0.4 is 10.6 Å². The Morgan fingerprint density at radius 1 is 1.21 bits per heavy atom. The zero-order valence-corrected chi connectivity index (χ0v) is 10.9. The zero-order chi connectivity index (χ0) is 13.7. The number of hydrogen-bond acceptors (Lipinski definition) is 3. The van der Waals surface area contributed by atoms with E-state index in [0.717, 1.165) is 16.8 Å². The molecule has 98 valence electrons. The Morgan fingerprint density at radius 3 is 2.58 bits per heavy atom. The third-order valence-electron chi connectivity index (χ3n) is 3.09. The van der Waals surface area contributed by atoms with Gasteiger partial charge in [-0.25, -0.2) is 0 Å². The smallest absolute Gasteiger partial charge is 0.231 e. The first-order valence-corrected chi connectivity index (χ1v) is 6.16. The molecule has 0 radical (unpaired) electrons. The van der Waals surface area contributed by atoms with E-state index in [2.05, 4.69) is 4.98 Å². The number of nitrogens with zero attached hydrogens (tertiary/aromatic N) is 2. The van der Waals surface area contributed by atoms with Gasteiger partial charge in [-0.2, -0.15) is 0 Å².